The number of rotatable bonds is 3. The highest BCUT2D eigenvalue weighted by Crippen LogP contribution is 2.20. The Morgan fingerprint density at radius 2 is 2.11 bits per heavy atom. The molecule has 0 fully saturated rings. The molecule has 0 spiro atoms. The van der Waals surface area contributed by atoms with E-state index in [9.17, 15) is 4.79 Å². The fourth-order valence-corrected chi connectivity index (χ4v) is 1.83. The highest BCUT2D eigenvalue weighted by Gasteiger charge is 2.07. The van der Waals surface area contributed by atoms with E-state index in [0.29, 0.717) is 11.3 Å². The zero-order valence-electron chi connectivity index (χ0n) is 10.1. The first-order valence-electron chi connectivity index (χ1n) is 5.59. The predicted octanol–water partition coefficient (Wildman–Crippen LogP) is 1.65. The molecule has 1 amide bonds. The van der Waals surface area contributed by atoms with Crippen LogP contribution >= 0.6 is 0 Å². The number of aliphatic hydroxyl groups excluding tert-OH is 1. The van der Waals surface area contributed by atoms with Crippen LogP contribution in [-0.4, -0.2) is 16.0 Å². The molecule has 0 aliphatic rings. The number of aryl methyl sites for hydroxylation is 1. The zero-order valence-corrected chi connectivity index (χ0v) is 10.1. The van der Waals surface area contributed by atoms with Crippen molar-refractivity contribution in [2.75, 3.05) is 0 Å². The molecule has 0 saturated carbocycles. The van der Waals surface area contributed by atoms with E-state index in [1.807, 2.05) is 25.1 Å². The molecular weight excluding hydrogens is 228 g/mol. The van der Waals surface area contributed by atoms with Crippen LogP contribution in [0.2, 0.25) is 0 Å². The van der Waals surface area contributed by atoms with E-state index >= 15 is 0 Å². The van der Waals surface area contributed by atoms with E-state index in [1.54, 1.807) is 18.2 Å². The molecule has 1 aromatic heterocycles. The average Bonchev–Trinajstić information content (AvgIpc) is 2.38. The smallest absolute Gasteiger partial charge is 0.248 e. The van der Waals surface area contributed by atoms with Crippen LogP contribution < -0.4 is 5.73 Å². The van der Waals surface area contributed by atoms with Gasteiger partial charge in [-0.3, -0.25) is 9.78 Å². The van der Waals surface area contributed by atoms with Gasteiger partial charge in [-0.05, 0) is 36.8 Å². The largest absolute Gasteiger partial charge is 0.390 e. The van der Waals surface area contributed by atoms with E-state index in [4.69, 9.17) is 10.8 Å². The third-order valence-corrected chi connectivity index (χ3v) is 2.76. The van der Waals surface area contributed by atoms with Crippen molar-refractivity contribution in [3.05, 3.63) is 53.2 Å². The second-order valence-electron chi connectivity index (χ2n) is 4.07. The predicted molar refractivity (Wildman–Crippen MR) is 68.9 cm³/mol. The summed E-state index contributed by atoms with van der Waals surface area (Å²) in [5.41, 5.74) is 8.86. The first kappa shape index (κ1) is 12.3. The number of aromatic nitrogens is 1. The molecule has 0 atom stereocenters. The van der Waals surface area contributed by atoms with Crippen molar-refractivity contribution in [3.8, 4) is 11.3 Å². The van der Waals surface area contributed by atoms with Crippen molar-refractivity contribution in [3.63, 3.8) is 0 Å². The van der Waals surface area contributed by atoms with Gasteiger partial charge in [-0.25, -0.2) is 0 Å². The summed E-state index contributed by atoms with van der Waals surface area (Å²) < 4.78 is 0. The topological polar surface area (TPSA) is 76.2 Å². The molecule has 92 valence electrons. The number of benzene rings is 1. The quantitative estimate of drug-likeness (QED) is 0.859. The summed E-state index contributed by atoms with van der Waals surface area (Å²) >= 11 is 0. The summed E-state index contributed by atoms with van der Waals surface area (Å²) in [7, 11) is 0. The maximum atomic E-state index is 11.1. The monoisotopic (exact) mass is 242 g/mol. The molecule has 4 heteroatoms. The number of nitrogens with two attached hydrogens (primary N) is 1. The van der Waals surface area contributed by atoms with Crippen LogP contribution in [0.3, 0.4) is 0 Å². The van der Waals surface area contributed by atoms with E-state index in [-0.39, 0.29) is 6.61 Å². The van der Waals surface area contributed by atoms with Gasteiger partial charge in [-0.2, -0.15) is 0 Å². The molecule has 4 nitrogen and oxygen atoms in total. The Balaban J connectivity index is 2.45. The second kappa shape index (κ2) is 4.98. The van der Waals surface area contributed by atoms with E-state index < -0.39 is 5.91 Å². The molecule has 0 aliphatic heterocycles. The molecule has 2 rings (SSSR count). The SMILES string of the molecule is Cc1cc(-c2cccc(CO)n2)ccc1C(N)=O. The van der Waals surface area contributed by atoms with Gasteiger partial charge < -0.3 is 10.8 Å². The lowest BCUT2D eigenvalue weighted by atomic mass is 10.0. The third kappa shape index (κ3) is 2.38. The van der Waals surface area contributed by atoms with Crippen molar-refractivity contribution in [1.29, 1.82) is 0 Å². The number of carbonyl (C=O) groups is 1. The van der Waals surface area contributed by atoms with Crippen molar-refractivity contribution >= 4 is 5.91 Å². The standard InChI is InChI=1S/C14H14N2O2/c1-9-7-10(5-6-12(9)14(15)18)13-4-2-3-11(8-17)16-13/h2-7,17H,8H2,1H3,(H2,15,18). The number of amides is 1. The van der Waals surface area contributed by atoms with Crippen LogP contribution in [-0.2, 0) is 6.61 Å². The highest BCUT2D eigenvalue weighted by molar-refractivity contribution is 5.94. The molecule has 0 bridgehead atoms. The zero-order chi connectivity index (χ0) is 13.1. The Morgan fingerprint density at radius 3 is 2.72 bits per heavy atom. The molecular formula is C14H14N2O2. The van der Waals surface area contributed by atoms with Gasteiger partial charge in [0.05, 0.1) is 18.0 Å². The fraction of sp³-hybridized carbons (Fsp3) is 0.143. The lowest BCUT2D eigenvalue weighted by Gasteiger charge is -2.06. The van der Waals surface area contributed by atoms with Crippen LogP contribution in [0, 0.1) is 6.92 Å². The van der Waals surface area contributed by atoms with Crippen LogP contribution in [0.25, 0.3) is 11.3 Å². The average molecular weight is 242 g/mol. The summed E-state index contributed by atoms with van der Waals surface area (Å²) in [6.45, 7) is 1.74. The van der Waals surface area contributed by atoms with Gasteiger partial charge in [-0.1, -0.05) is 12.1 Å². The second-order valence-corrected chi connectivity index (χ2v) is 4.07. The minimum absolute atomic E-state index is 0.0911. The number of carbonyl (C=O) groups excluding carboxylic acids is 1. The molecule has 3 N–H and O–H groups in total. The first-order chi connectivity index (χ1) is 8.61. The normalized spacial score (nSPS) is 10.3. The Bertz CT molecular complexity index is 594. The van der Waals surface area contributed by atoms with Crippen LogP contribution in [0.4, 0.5) is 0 Å². The Kier molecular flexibility index (Phi) is 3.39. The van der Waals surface area contributed by atoms with E-state index in [2.05, 4.69) is 4.98 Å². The van der Waals surface area contributed by atoms with Gasteiger partial charge in [0.25, 0.3) is 0 Å². The van der Waals surface area contributed by atoms with Crippen LogP contribution in [0.15, 0.2) is 36.4 Å². The van der Waals surface area contributed by atoms with Gasteiger partial charge >= 0.3 is 0 Å². The number of nitrogens with zero attached hydrogens (tertiary/aromatic N) is 1. The molecule has 0 saturated heterocycles. The molecule has 18 heavy (non-hydrogen) atoms. The first-order valence-corrected chi connectivity index (χ1v) is 5.59. The van der Waals surface area contributed by atoms with Gasteiger partial charge in [-0.15, -0.1) is 0 Å². The Morgan fingerprint density at radius 1 is 1.33 bits per heavy atom. The molecule has 0 unspecified atom stereocenters. The minimum Gasteiger partial charge on any atom is -0.390 e. The minimum atomic E-state index is -0.434. The Labute approximate surface area is 105 Å². The summed E-state index contributed by atoms with van der Waals surface area (Å²) in [5.74, 6) is -0.434. The van der Waals surface area contributed by atoms with Gasteiger partial charge in [0, 0.05) is 11.1 Å². The van der Waals surface area contributed by atoms with Crippen LogP contribution in [0.5, 0.6) is 0 Å². The molecule has 1 aromatic carbocycles. The maximum absolute atomic E-state index is 11.1. The number of aliphatic hydroxyl groups is 1. The van der Waals surface area contributed by atoms with E-state index in [0.717, 1.165) is 16.8 Å². The molecule has 1 heterocycles. The number of hydrogen-bond acceptors (Lipinski definition) is 3. The van der Waals surface area contributed by atoms with Crippen molar-refractivity contribution < 1.29 is 9.90 Å². The molecule has 0 aliphatic carbocycles. The summed E-state index contributed by atoms with van der Waals surface area (Å²) in [5, 5.41) is 9.06. The number of hydrogen-bond donors (Lipinski definition) is 2. The lowest BCUT2D eigenvalue weighted by molar-refractivity contribution is 0.0999. The highest BCUT2D eigenvalue weighted by atomic mass is 16.3. The van der Waals surface area contributed by atoms with Gasteiger partial charge in [0.1, 0.15) is 0 Å². The van der Waals surface area contributed by atoms with Crippen molar-refractivity contribution in [2.45, 2.75) is 13.5 Å². The summed E-state index contributed by atoms with van der Waals surface area (Å²) in [6, 6.07) is 10.8. The summed E-state index contributed by atoms with van der Waals surface area (Å²) in [4.78, 5) is 15.5. The van der Waals surface area contributed by atoms with E-state index in [1.165, 1.54) is 0 Å². The maximum Gasteiger partial charge on any atom is 0.248 e. The molecule has 2 aromatic rings. The van der Waals surface area contributed by atoms with Crippen molar-refractivity contribution in [1.82, 2.24) is 4.98 Å². The van der Waals surface area contributed by atoms with Crippen LogP contribution in [0.1, 0.15) is 21.6 Å². The Hall–Kier alpha value is -2.20. The molecule has 0 radical (unpaired) electrons. The van der Waals surface area contributed by atoms with Gasteiger partial charge in [0.15, 0.2) is 0 Å². The summed E-state index contributed by atoms with van der Waals surface area (Å²) in [6.07, 6.45) is 0. The van der Waals surface area contributed by atoms with Gasteiger partial charge in [0.2, 0.25) is 5.91 Å². The fourth-order valence-electron chi connectivity index (χ4n) is 1.83. The lowest BCUT2D eigenvalue weighted by Crippen LogP contribution is -2.12. The number of pyridine rings is 1. The number of primary amides is 1. The van der Waals surface area contributed by atoms with Crippen molar-refractivity contribution in [2.24, 2.45) is 5.73 Å². The third-order valence-electron chi connectivity index (χ3n) is 2.76.